The Morgan fingerprint density at radius 1 is 0.933 bits per heavy atom. The molecule has 0 fully saturated rings. The lowest BCUT2D eigenvalue weighted by molar-refractivity contribution is 0.402. The van der Waals surface area contributed by atoms with Crippen molar-refractivity contribution in [3.63, 3.8) is 0 Å². The quantitative estimate of drug-likeness (QED) is 0.730. The standard InChI is InChI=1S/C13H22N2/c1-5-15(6-2)13-9-7-12(8-10-13)11-14(3)4/h7-10H,5-6,11H2,1-4H3. The number of hydrogen-bond donors (Lipinski definition) is 0. The van der Waals surface area contributed by atoms with Crippen LogP contribution in [0.2, 0.25) is 0 Å². The number of rotatable bonds is 5. The summed E-state index contributed by atoms with van der Waals surface area (Å²) in [5.41, 5.74) is 2.69. The van der Waals surface area contributed by atoms with Gasteiger partial charge in [-0.1, -0.05) is 12.1 Å². The van der Waals surface area contributed by atoms with Crippen LogP contribution in [0.25, 0.3) is 0 Å². The van der Waals surface area contributed by atoms with Crippen LogP contribution in [-0.4, -0.2) is 32.1 Å². The van der Waals surface area contributed by atoms with Crippen LogP contribution in [0.4, 0.5) is 5.69 Å². The molecule has 0 spiro atoms. The van der Waals surface area contributed by atoms with E-state index in [1.54, 1.807) is 0 Å². The molecule has 1 rings (SSSR count). The van der Waals surface area contributed by atoms with E-state index in [4.69, 9.17) is 0 Å². The minimum atomic E-state index is 1.01. The molecule has 0 atom stereocenters. The zero-order valence-electron chi connectivity index (χ0n) is 10.3. The number of anilines is 1. The average molecular weight is 206 g/mol. The average Bonchev–Trinajstić information content (AvgIpc) is 2.21. The van der Waals surface area contributed by atoms with E-state index >= 15 is 0 Å². The highest BCUT2D eigenvalue weighted by Gasteiger charge is 2.01. The molecule has 2 heteroatoms. The Balaban J connectivity index is 2.71. The molecule has 0 aliphatic carbocycles. The molecule has 0 bridgehead atoms. The van der Waals surface area contributed by atoms with E-state index < -0.39 is 0 Å². The fourth-order valence-corrected chi connectivity index (χ4v) is 1.77. The van der Waals surface area contributed by atoms with Crippen LogP contribution < -0.4 is 4.90 Å². The lowest BCUT2D eigenvalue weighted by Crippen LogP contribution is -2.21. The monoisotopic (exact) mass is 206 g/mol. The molecule has 1 aromatic rings. The third-order valence-corrected chi connectivity index (χ3v) is 2.56. The van der Waals surface area contributed by atoms with Gasteiger partial charge in [0.1, 0.15) is 0 Å². The van der Waals surface area contributed by atoms with Crippen LogP contribution in [0.5, 0.6) is 0 Å². The summed E-state index contributed by atoms with van der Waals surface area (Å²) in [6, 6.07) is 8.86. The summed E-state index contributed by atoms with van der Waals surface area (Å²) in [4.78, 5) is 4.55. The highest BCUT2D eigenvalue weighted by atomic mass is 15.1. The van der Waals surface area contributed by atoms with Crippen molar-refractivity contribution >= 4 is 5.69 Å². The molecular formula is C13H22N2. The maximum absolute atomic E-state index is 2.36. The molecule has 1 aromatic carbocycles. The minimum Gasteiger partial charge on any atom is -0.372 e. The van der Waals surface area contributed by atoms with Gasteiger partial charge in [-0.15, -0.1) is 0 Å². The first kappa shape index (κ1) is 12.1. The Morgan fingerprint density at radius 2 is 1.47 bits per heavy atom. The molecule has 0 radical (unpaired) electrons. The molecule has 0 N–H and O–H groups in total. The van der Waals surface area contributed by atoms with Crippen molar-refractivity contribution in [3.8, 4) is 0 Å². The zero-order chi connectivity index (χ0) is 11.3. The molecule has 0 aromatic heterocycles. The van der Waals surface area contributed by atoms with Crippen molar-refractivity contribution in [3.05, 3.63) is 29.8 Å². The number of nitrogens with zero attached hydrogens (tertiary/aromatic N) is 2. The van der Waals surface area contributed by atoms with Gasteiger partial charge in [-0.2, -0.15) is 0 Å². The van der Waals surface area contributed by atoms with Crippen LogP contribution in [0.15, 0.2) is 24.3 Å². The first-order valence-electron chi connectivity index (χ1n) is 5.66. The largest absolute Gasteiger partial charge is 0.372 e. The molecule has 0 aliphatic rings. The highest BCUT2D eigenvalue weighted by Crippen LogP contribution is 2.15. The van der Waals surface area contributed by atoms with Gasteiger partial charge in [-0.25, -0.2) is 0 Å². The number of hydrogen-bond acceptors (Lipinski definition) is 2. The van der Waals surface area contributed by atoms with E-state index in [1.165, 1.54) is 11.3 Å². The minimum absolute atomic E-state index is 1.01. The van der Waals surface area contributed by atoms with Gasteiger partial charge in [-0.05, 0) is 45.6 Å². The van der Waals surface area contributed by atoms with Crippen LogP contribution >= 0.6 is 0 Å². The molecule has 84 valence electrons. The summed E-state index contributed by atoms with van der Waals surface area (Å²) in [6.45, 7) is 7.54. The van der Waals surface area contributed by atoms with Gasteiger partial charge in [0.2, 0.25) is 0 Å². The summed E-state index contributed by atoms with van der Waals surface area (Å²) >= 11 is 0. The van der Waals surface area contributed by atoms with Crippen molar-refractivity contribution in [2.24, 2.45) is 0 Å². The molecular weight excluding hydrogens is 184 g/mol. The zero-order valence-corrected chi connectivity index (χ0v) is 10.3. The SMILES string of the molecule is CCN(CC)c1ccc(CN(C)C)cc1. The first-order chi connectivity index (χ1) is 7.17. The maximum Gasteiger partial charge on any atom is 0.0366 e. The second-order valence-electron chi connectivity index (χ2n) is 4.08. The smallest absolute Gasteiger partial charge is 0.0366 e. The van der Waals surface area contributed by atoms with Crippen molar-refractivity contribution in [1.82, 2.24) is 4.90 Å². The van der Waals surface area contributed by atoms with E-state index in [9.17, 15) is 0 Å². The Bertz CT molecular complexity index is 273. The van der Waals surface area contributed by atoms with Crippen LogP contribution in [-0.2, 0) is 6.54 Å². The first-order valence-corrected chi connectivity index (χ1v) is 5.66. The van der Waals surface area contributed by atoms with E-state index in [-0.39, 0.29) is 0 Å². The lowest BCUT2D eigenvalue weighted by atomic mass is 10.2. The molecule has 0 aliphatic heterocycles. The Morgan fingerprint density at radius 3 is 1.87 bits per heavy atom. The van der Waals surface area contributed by atoms with Gasteiger partial charge in [-0.3, -0.25) is 0 Å². The molecule has 0 amide bonds. The summed E-state index contributed by atoms with van der Waals surface area (Å²) in [7, 11) is 4.19. The molecule has 2 nitrogen and oxygen atoms in total. The van der Waals surface area contributed by atoms with Crippen LogP contribution in [0.3, 0.4) is 0 Å². The molecule has 0 unspecified atom stereocenters. The van der Waals surface area contributed by atoms with Gasteiger partial charge in [0.15, 0.2) is 0 Å². The second kappa shape index (κ2) is 5.76. The Labute approximate surface area is 93.5 Å². The van der Waals surface area contributed by atoms with Crippen molar-refractivity contribution in [2.75, 3.05) is 32.1 Å². The van der Waals surface area contributed by atoms with Crippen molar-refractivity contribution in [1.29, 1.82) is 0 Å². The fourth-order valence-electron chi connectivity index (χ4n) is 1.77. The summed E-state index contributed by atoms with van der Waals surface area (Å²) < 4.78 is 0. The van der Waals surface area contributed by atoms with Crippen molar-refractivity contribution < 1.29 is 0 Å². The molecule has 15 heavy (non-hydrogen) atoms. The summed E-state index contributed by atoms with van der Waals surface area (Å²) in [5, 5.41) is 0. The Kier molecular flexibility index (Phi) is 4.63. The van der Waals surface area contributed by atoms with Gasteiger partial charge < -0.3 is 9.80 Å². The van der Waals surface area contributed by atoms with Crippen molar-refractivity contribution in [2.45, 2.75) is 20.4 Å². The third-order valence-electron chi connectivity index (χ3n) is 2.56. The summed E-state index contributed by atoms with van der Waals surface area (Å²) in [5.74, 6) is 0. The molecule has 0 saturated carbocycles. The lowest BCUT2D eigenvalue weighted by Gasteiger charge is -2.21. The van der Waals surface area contributed by atoms with Crippen LogP contribution in [0.1, 0.15) is 19.4 Å². The van der Waals surface area contributed by atoms with E-state index in [1.807, 2.05) is 0 Å². The maximum atomic E-state index is 2.36. The van der Waals surface area contributed by atoms with Crippen LogP contribution in [0, 0.1) is 0 Å². The van der Waals surface area contributed by atoms with E-state index in [2.05, 4.69) is 62.0 Å². The predicted molar refractivity (Wildman–Crippen MR) is 67.4 cm³/mol. The molecule has 0 heterocycles. The van der Waals surface area contributed by atoms with Gasteiger partial charge in [0, 0.05) is 25.3 Å². The van der Waals surface area contributed by atoms with Gasteiger partial charge in [0.05, 0.1) is 0 Å². The third kappa shape index (κ3) is 3.56. The van der Waals surface area contributed by atoms with E-state index in [0.717, 1.165) is 19.6 Å². The van der Waals surface area contributed by atoms with E-state index in [0.29, 0.717) is 0 Å². The Hall–Kier alpha value is -1.02. The molecule has 0 saturated heterocycles. The topological polar surface area (TPSA) is 6.48 Å². The highest BCUT2D eigenvalue weighted by molar-refractivity contribution is 5.47. The van der Waals surface area contributed by atoms with Gasteiger partial charge in [0.25, 0.3) is 0 Å². The predicted octanol–water partition coefficient (Wildman–Crippen LogP) is 2.59. The second-order valence-corrected chi connectivity index (χ2v) is 4.08. The number of benzene rings is 1. The summed E-state index contributed by atoms with van der Waals surface area (Å²) in [6.07, 6.45) is 0. The normalized spacial score (nSPS) is 10.7. The van der Waals surface area contributed by atoms with Gasteiger partial charge >= 0.3 is 0 Å². The fraction of sp³-hybridized carbons (Fsp3) is 0.538.